The summed E-state index contributed by atoms with van der Waals surface area (Å²) in [6.45, 7) is 8.23. The zero-order valence-electron chi connectivity index (χ0n) is 9.53. The molecule has 0 spiro atoms. The predicted molar refractivity (Wildman–Crippen MR) is 52.4 cm³/mol. The van der Waals surface area contributed by atoms with Crippen molar-refractivity contribution in [3.63, 3.8) is 0 Å². The summed E-state index contributed by atoms with van der Waals surface area (Å²) in [5.41, 5.74) is 0. The highest BCUT2D eigenvalue weighted by Crippen LogP contribution is 2.15. The molecule has 0 aromatic heterocycles. The average molecular weight is 190 g/mol. The van der Waals surface area contributed by atoms with Crippen molar-refractivity contribution >= 4 is 0 Å². The van der Waals surface area contributed by atoms with E-state index >= 15 is 0 Å². The lowest BCUT2D eigenvalue weighted by atomic mass is 10.2. The fraction of sp³-hybridized carbons (Fsp3) is 1.00. The van der Waals surface area contributed by atoms with Gasteiger partial charge in [0.25, 0.3) is 0 Å². The smallest absolute Gasteiger partial charge is 0.162 e. The van der Waals surface area contributed by atoms with Crippen LogP contribution in [0.5, 0.6) is 0 Å². The average Bonchev–Trinajstić information content (AvgIpc) is 2.05. The van der Waals surface area contributed by atoms with Crippen molar-refractivity contribution in [2.75, 3.05) is 14.2 Å². The topological polar surface area (TPSA) is 27.7 Å². The van der Waals surface area contributed by atoms with Gasteiger partial charge in [0, 0.05) is 26.1 Å². The van der Waals surface area contributed by atoms with E-state index in [1.807, 2.05) is 0 Å². The van der Waals surface area contributed by atoms with Crippen molar-refractivity contribution in [3.05, 3.63) is 0 Å². The maximum absolute atomic E-state index is 5.63. The molecule has 13 heavy (non-hydrogen) atoms. The number of ether oxygens (including phenoxy) is 3. The van der Waals surface area contributed by atoms with E-state index in [2.05, 4.69) is 27.7 Å². The Labute approximate surface area is 81.4 Å². The summed E-state index contributed by atoms with van der Waals surface area (Å²) in [6.07, 6.45) is -0.375. The third-order valence-electron chi connectivity index (χ3n) is 1.82. The first-order valence-electron chi connectivity index (χ1n) is 4.74. The van der Waals surface area contributed by atoms with Crippen LogP contribution < -0.4 is 0 Å². The fourth-order valence-electron chi connectivity index (χ4n) is 1.10. The standard InChI is InChI=1S/C10H22O3/c1-7(2)9(11-5)13-10(12-6)8(3)4/h7-10H,1-6H3. The van der Waals surface area contributed by atoms with Crippen LogP contribution in [-0.2, 0) is 14.2 Å². The number of methoxy groups -OCH3 is 2. The van der Waals surface area contributed by atoms with Crippen LogP contribution in [0.1, 0.15) is 27.7 Å². The molecule has 0 aromatic rings. The molecule has 0 radical (unpaired) electrons. The monoisotopic (exact) mass is 190 g/mol. The molecule has 0 aromatic carbocycles. The lowest BCUT2D eigenvalue weighted by Gasteiger charge is -2.27. The van der Waals surface area contributed by atoms with Crippen molar-refractivity contribution in [1.82, 2.24) is 0 Å². The van der Waals surface area contributed by atoms with Gasteiger partial charge in [-0.15, -0.1) is 0 Å². The van der Waals surface area contributed by atoms with E-state index in [0.29, 0.717) is 11.8 Å². The van der Waals surface area contributed by atoms with Gasteiger partial charge in [-0.1, -0.05) is 27.7 Å². The van der Waals surface area contributed by atoms with Gasteiger partial charge in [-0.05, 0) is 0 Å². The number of hydrogen-bond acceptors (Lipinski definition) is 3. The lowest BCUT2D eigenvalue weighted by molar-refractivity contribution is -0.256. The summed E-state index contributed by atoms with van der Waals surface area (Å²) in [5.74, 6) is 0.669. The summed E-state index contributed by atoms with van der Waals surface area (Å²) in [6, 6.07) is 0. The van der Waals surface area contributed by atoms with Gasteiger partial charge in [0.05, 0.1) is 0 Å². The molecule has 0 saturated heterocycles. The molecular formula is C10H22O3. The van der Waals surface area contributed by atoms with E-state index in [0.717, 1.165) is 0 Å². The summed E-state index contributed by atoms with van der Waals surface area (Å²) in [7, 11) is 3.30. The highest BCUT2D eigenvalue weighted by Gasteiger charge is 2.21. The summed E-state index contributed by atoms with van der Waals surface area (Å²) in [5, 5.41) is 0. The molecule has 0 aliphatic heterocycles. The Morgan fingerprint density at radius 1 is 0.692 bits per heavy atom. The molecule has 0 fully saturated rings. The molecule has 0 saturated carbocycles. The number of hydrogen-bond donors (Lipinski definition) is 0. The zero-order chi connectivity index (χ0) is 10.4. The van der Waals surface area contributed by atoms with E-state index in [4.69, 9.17) is 14.2 Å². The van der Waals surface area contributed by atoms with Crippen LogP contribution >= 0.6 is 0 Å². The maximum Gasteiger partial charge on any atom is 0.162 e. The molecule has 3 heteroatoms. The van der Waals surface area contributed by atoms with Gasteiger partial charge in [-0.2, -0.15) is 0 Å². The minimum Gasteiger partial charge on any atom is -0.356 e. The second-order valence-electron chi connectivity index (χ2n) is 3.83. The van der Waals surface area contributed by atoms with E-state index in [-0.39, 0.29) is 12.6 Å². The van der Waals surface area contributed by atoms with Gasteiger partial charge in [0.2, 0.25) is 0 Å². The van der Waals surface area contributed by atoms with E-state index in [1.54, 1.807) is 14.2 Å². The third-order valence-corrected chi connectivity index (χ3v) is 1.82. The van der Waals surface area contributed by atoms with Crippen LogP contribution in [0.4, 0.5) is 0 Å². The van der Waals surface area contributed by atoms with Crippen LogP contribution in [0.25, 0.3) is 0 Å². The van der Waals surface area contributed by atoms with Crippen LogP contribution in [0.3, 0.4) is 0 Å². The Bertz CT molecular complexity index is 109. The second-order valence-corrected chi connectivity index (χ2v) is 3.83. The van der Waals surface area contributed by atoms with Crippen LogP contribution in [0.15, 0.2) is 0 Å². The molecular weight excluding hydrogens is 168 g/mol. The molecule has 0 amide bonds. The molecule has 0 aliphatic carbocycles. The second kappa shape index (κ2) is 6.35. The predicted octanol–water partition coefficient (Wildman–Crippen LogP) is 2.26. The summed E-state index contributed by atoms with van der Waals surface area (Å²) < 4.78 is 16.0. The van der Waals surface area contributed by atoms with Crippen molar-refractivity contribution < 1.29 is 14.2 Å². The third kappa shape index (κ3) is 4.60. The van der Waals surface area contributed by atoms with E-state index < -0.39 is 0 Å². The van der Waals surface area contributed by atoms with Gasteiger partial charge < -0.3 is 14.2 Å². The first kappa shape index (κ1) is 12.9. The normalized spacial score (nSPS) is 16.6. The number of rotatable bonds is 6. The Morgan fingerprint density at radius 3 is 1.15 bits per heavy atom. The summed E-state index contributed by atoms with van der Waals surface area (Å²) in [4.78, 5) is 0. The largest absolute Gasteiger partial charge is 0.356 e. The van der Waals surface area contributed by atoms with Crippen molar-refractivity contribution in [2.24, 2.45) is 11.8 Å². The van der Waals surface area contributed by atoms with Crippen LogP contribution in [0, 0.1) is 11.8 Å². The molecule has 0 aliphatic rings. The zero-order valence-corrected chi connectivity index (χ0v) is 9.53. The Hall–Kier alpha value is -0.120. The molecule has 0 N–H and O–H groups in total. The lowest BCUT2D eigenvalue weighted by Crippen LogP contribution is -2.32. The quantitative estimate of drug-likeness (QED) is 0.601. The molecule has 2 atom stereocenters. The van der Waals surface area contributed by atoms with Crippen molar-refractivity contribution in [2.45, 2.75) is 40.3 Å². The minimum absolute atomic E-state index is 0.188. The van der Waals surface area contributed by atoms with Crippen molar-refractivity contribution in [1.29, 1.82) is 0 Å². The molecule has 2 unspecified atom stereocenters. The van der Waals surface area contributed by atoms with E-state index in [1.165, 1.54) is 0 Å². The first-order chi connectivity index (χ1) is 6.02. The molecule has 3 nitrogen and oxygen atoms in total. The highest BCUT2D eigenvalue weighted by molar-refractivity contribution is 4.55. The highest BCUT2D eigenvalue weighted by atomic mass is 16.8. The molecule has 0 bridgehead atoms. The van der Waals surface area contributed by atoms with Gasteiger partial charge in [0.15, 0.2) is 12.6 Å². The molecule has 0 rings (SSSR count). The Morgan fingerprint density at radius 2 is 1.00 bits per heavy atom. The van der Waals surface area contributed by atoms with Gasteiger partial charge in [0.1, 0.15) is 0 Å². The first-order valence-corrected chi connectivity index (χ1v) is 4.74. The van der Waals surface area contributed by atoms with Gasteiger partial charge in [-0.3, -0.25) is 0 Å². The van der Waals surface area contributed by atoms with Gasteiger partial charge in [-0.25, -0.2) is 0 Å². The van der Waals surface area contributed by atoms with Gasteiger partial charge >= 0.3 is 0 Å². The fourth-order valence-corrected chi connectivity index (χ4v) is 1.10. The molecule has 80 valence electrons. The summed E-state index contributed by atoms with van der Waals surface area (Å²) >= 11 is 0. The minimum atomic E-state index is -0.188. The van der Waals surface area contributed by atoms with Crippen molar-refractivity contribution in [3.8, 4) is 0 Å². The Balaban J connectivity index is 4.03. The molecule has 0 heterocycles. The van der Waals surface area contributed by atoms with Crippen LogP contribution in [-0.4, -0.2) is 26.8 Å². The Kier molecular flexibility index (Phi) is 6.29. The maximum atomic E-state index is 5.63. The van der Waals surface area contributed by atoms with Crippen LogP contribution in [0.2, 0.25) is 0 Å². The van der Waals surface area contributed by atoms with E-state index in [9.17, 15) is 0 Å². The SMILES string of the molecule is COC(OC(OC)C(C)C)C(C)C.